The molecule has 0 bridgehead atoms. The monoisotopic (exact) mass is 296 g/mol. The van der Waals surface area contributed by atoms with Gasteiger partial charge in [-0.1, -0.05) is 12.1 Å². The molecule has 0 saturated carbocycles. The maximum absolute atomic E-state index is 12.2. The van der Waals surface area contributed by atoms with E-state index in [9.17, 15) is 4.79 Å². The SMILES string of the molecule is Cc1cccc(C(=O)NCc2nc(-c3ccco3)n[nH]2)c1C. The molecular formula is C16H16N4O2. The zero-order chi connectivity index (χ0) is 15.5. The Labute approximate surface area is 127 Å². The first-order chi connectivity index (χ1) is 10.6. The van der Waals surface area contributed by atoms with Gasteiger partial charge in [0.1, 0.15) is 5.82 Å². The molecule has 22 heavy (non-hydrogen) atoms. The van der Waals surface area contributed by atoms with Crippen LogP contribution < -0.4 is 5.32 Å². The quantitative estimate of drug-likeness (QED) is 0.775. The van der Waals surface area contributed by atoms with Gasteiger partial charge in [0.25, 0.3) is 5.91 Å². The van der Waals surface area contributed by atoms with Gasteiger partial charge in [-0.15, -0.1) is 5.10 Å². The molecule has 0 aliphatic carbocycles. The van der Waals surface area contributed by atoms with Crippen LogP contribution in [-0.2, 0) is 6.54 Å². The second-order valence-electron chi connectivity index (χ2n) is 5.01. The van der Waals surface area contributed by atoms with E-state index in [2.05, 4.69) is 20.5 Å². The average Bonchev–Trinajstić information content (AvgIpc) is 3.18. The number of nitrogens with zero attached hydrogens (tertiary/aromatic N) is 2. The summed E-state index contributed by atoms with van der Waals surface area (Å²) in [7, 11) is 0. The summed E-state index contributed by atoms with van der Waals surface area (Å²) in [6.45, 7) is 4.20. The molecule has 0 atom stereocenters. The molecule has 1 aromatic carbocycles. The van der Waals surface area contributed by atoms with Gasteiger partial charge in [0.05, 0.1) is 12.8 Å². The maximum Gasteiger partial charge on any atom is 0.251 e. The van der Waals surface area contributed by atoms with Gasteiger partial charge in [-0.25, -0.2) is 4.98 Å². The predicted molar refractivity (Wildman–Crippen MR) is 81.2 cm³/mol. The number of aromatic amines is 1. The summed E-state index contributed by atoms with van der Waals surface area (Å²) in [6.07, 6.45) is 1.56. The van der Waals surface area contributed by atoms with Crippen molar-refractivity contribution in [2.45, 2.75) is 20.4 Å². The summed E-state index contributed by atoms with van der Waals surface area (Å²) in [5, 5.41) is 9.69. The standard InChI is InChI=1S/C16H16N4O2/c1-10-5-3-6-12(11(10)2)16(21)17-9-14-18-15(20-19-14)13-7-4-8-22-13/h3-8H,9H2,1-2H3,(H,17,21)(H,18,19,20). The van der Waals surface area contributed by atoms with Gasteiger partial charge in [-0.05, 0) is 43.2 Å². The summed E-state index contributed by atoms with van der Waals surface area (Å²) < 4.78 is 5.22. The number of carbonyl (C=O) groups is 1. The van der Waals surface area contributed by atoms with Gasteiger partial charge in [-0.3, -0.25) is 9.89 Å². The van der Waals surface area contributed by atoms with Crippen molar-refractivity contribution in [3.8, 4) is 11.6 Å². The Morgan fingerprint density at radius 3 is 2.91 bits per heavy atom. The van der Waals surface area contributed by atoms with E-state index < -0.39 is 0 Å². The molecule has 3 aromatic rings. The summed E-state index contributed by atoms with van der Waals surface area (Å²) in [5.41, 5.74) is 2.74. The second-order valence-corrected chi connectivity index (χ2v) is 5.01. The lowest BCUT2D eigenvalue weighted by Gasteiger charge is -2.08. The number of aromatic nitrogens is 3. The van der Waals surface area contributed by atoms with Crippen LogP contribution in [0.5, 0.6) is 0 Å². The Morgan fingerprint density at radius 2 is 2.14 bits per heavy atom. The summed E-state index contributed by atoms with van der Waals surface area (Å²) in [4.78, 5) is 16.5. The lowest BCUT2D eigenvalue weighted by molar-refractivity contribution is 0.0949. The summed E-state index contributed by atoms with van der Waals surface area (Å²) >= 11 is 0. The fourth-order valence-corrected chi connectivity index (χ4v) is 2.15. The van der Waals surface area contributed by atoms with E-state index in [-0.39, 0.29) is 12.5 Å². The number of benzene rings is 1. The molecule has 0 aliphatic heterocycles. The van der Waals surface area contributed by atoms with E-state index in [0.29, 0.717) is 23.0 Å². The van der Waals surface area contributed by atoms with Gasteiger partial charge in [-0.2, -0.15) is 0 Å². The fourth-order valence-electron chi connectivity index (χ4n) is 2.15. The molecule has 0 aliphatic rings. The molecule has 0 unspecified atom stereocenters. The van der Waals surface area contributed by atoms with Crippen molar-refractivity contribution in [2.75, 3.05) is 0 Å². The second kappa shape index (κ2) is 5.85. The number of rotatable bonds is 4. The van der Waals surface area contributed by atoms with E-state index in [1.807, 2.05) is 32.0 Å². The van der Waals surface area contributed by atoms with Crippen molar-refractivity contribution in [3.63, 3.8) is 0 Å². The largest absolute Gasteiger partial charge is 0.461 e. The van der Waals surface area contributed by atoms with E-state index in [1.54, 1.807) is 18.4 Å². The predicted octanol–water partition coefficient (Wildman–Crippen LogP) is 2.61. The van der Waals surface area contributed by atoms with Gasteiger partial charge < -0.3 is 9.73 Å². The molecule has 2 heterocycles. The minimum Gasteiger partial charge on any atom is -0.461 e. The number of H-pyrrole nitrogens is 1. The number of hydrogen-bond donors (Lipinski definition) is 2. The van der Waals surface area contributed by atoms with Crippen molar-refractivity contribution >= 4 is 5.91 Å². The van der Waals surface area contributed by atoms with Crippen molar-refractivity contribution in [2.24, 2.45) is 0 Å². The number of aryl methyl sites for hydroxylation is 1. The summed E-state index contributed by atoms with van der Waals surface area (Å²) in [6, 6.07) is 9.22. The molecule has 0 spiro atoms. The molecule has 0 radical (unpaired) electrons. The number of hydrogen-bond acceptors (Lipinski definition) is 4. The summed E-state index contributed by atoms with van der Waals surface area (Å²) in [5.74, 6) is 1.51. The highest BCUT2D eigenvalue weighted by Gasteiger charge is 2.12. The van der Waals surface area contributed by atoms with E-state index in [1.165, 1.54) is 0 Å². The molecule has 3 rings (SSSR count). The van der Waals surface area contributed by atoms with Crippen LogP contribution in [0.3, 0.4) is 0 Å². The smallest absolute Gasteiger partial charge is 0.251 e. The normalized spacial score (nSPS) is 10.6. The lowest BCUT2D eigenvalue weighted by Crippen LogP contribution is -2.24. The van der Waals surface area contributed by atoms with Crippen LogP contribution in [0.15, 0.2) is 41.0 Å². The van der Waals surface area contributed by atoms with Gasteiger partial charge in [0.15, 0.2) is 5.76 Å². The molecule has 0 saturated heterocycles. The third-order valence-electron chi connectivity index (χ3n) is 3.54. The van der Waals surface area contributed by atoms with Crippen molar-refractivity contribution in [1.82, 2.24) is 20.5 Å². The zero-order valence-electron chi connectivity index (χ0n) is 12.4. The van der Waals surface area contributed by atoms with Crippen LogP contribution in [0, 0.1) is 13.8 Å². The Balaban J connectivity index is 1.68. The highest BCUT2D eigenvalue weighted by molar-refractivity contribution is 5.95. The first-order valence-corrected chi connectivity index (χ1v) is 6.94. The van der Waals surface area contributed by atoms with E-state index in [0.717, 1.165) is 11.1 Å². The third kappa shape index (κ3) is 2.76. The van der Waals surface area contributed by atoms with Crippen LogP contribution in [0.25, 0.3) is 11.6 Å². The molecule has 112 valence electrons. The van der Waals surface area contributed by atoms with Crippen LogP contribution in [-0.4, -0.2) is 21.1 Å². The Kier molecular flexibility index (Phi) is 3.74. The number of nitrogens with one attached hydrogen (secondary N) is 2. The Morgan fingerprint density at radius 1 is 1.27 bits per heavy atom. The fraction of sp³-hybridized carbons (Fsp3) is 0.188. The van der Waals surface area contributed by atoms with Crippen LogP contribution in [0.4, 0.5) is 0 Å². The third-order valence-corrected chi connectivity index (χ3v) is 3.54. The molecule has 2 aromatic heterocycles. The maximum atomic E-state index is 12.2. The number of carbonyl (C=O) groups excluding carboxylic acids is 1. The lowest BCUT2D eigenvalue weighted by atomic mass is 10.0. The molecule has 0 fully saturated rings. The highest BCUT2D eigenvalue weighted by Crippen LogP contribution is 2.15. The van der Waals surface area contributed by atoms with Gasteiger partial charge in [0.2, 0.25) is 5.82 Å². The first kappa shape index (κ1) is 14.1. The van der Waals surface area contributed by atoms with Crippen LogP contribution in [0.2, 0.25) is 0 Å². The average molecular weight is 296 g/mol. The Bertz CT molecular complexity index is 790. The van der Waals surface area contributed by atoms with E-state index >= 15 is 0 Å². The van der Waals surface area contributed by atoms with Crippen LogP contribution >= 0.6 is 0 Å². The van der Waals surface area contributed by atoms with Gasteiger partial charge in [0, 0.05) is 5.56 Å². The topological polar surface area (TPSA) is 83.8 Å². The molecule has 6 nitrogen and oxygen atoms in total. The highest BCUT2D eigenvalue weighted by atomic mass is 16.3. The van der Waals surface area contributed by atoms with Crippen molar-refractivity contribution in [3.05, 3.63) is 59.1 Å². The zero-order valence-corrected chi connectivity index (χ0v) is 12.4. The number of amides is 1. The molecular weight excluding hydrogens is 280 g/mol. The van der Waals surface area contributed by atoms with Gasteiger partial charge >= 0.3 is 0 Å². The van der Waals surface area contributed by atoms with Crippen LogP contribution in [0.1, 0.15) is 27.3 Å². The van der Waals surface area contributed by atoms with E-state index in [4.69, 9.17) is 4.42 Å². The molecule has 1 amide bonds. The van der Waals surface area contributed by atoms with Crippen molar-refractivity contribution in [1.29, 1.82) is 0 Å². The molecule has 2 N–H and O–H groups in total. The number of furan rings is 1. The Hall–Kier alpha value is -2.89. The minimum absolute atomic E-state index is 0.128. The molecule has 6 heteroatoms. The van der Waals surface area contributed by atoms with Crippen molar-refractivity contribution < 1.29 is 9.21 Å². The minimum atomic E-state index is -0.128. The first-order valence-electron chi connectivity index (χ1n) is 6.94.